The third-order valence-corrected chi connectivity index (χ3v) is 3.15. The normalized spacial score (nSPS) is 17.4. The highest BCUT2D eigenvalue weighted by molar-refractivity contribution is 7.81. The van der Waals surface area contributed by atoms with Gasteiger partial charge < -0.3 is 9.64 Å². The predicted octanol–water partition coefficient (Wildman–Crippen LogP) is 0.546. The molecule has 1 aliphatic heterocycles. The molecule has 2 heterocycles. The molecule has 0 bridgehead atoms. The Kier molecular flexibility index (Phi) is 2.82. The standard InChI is InChI=1S/C7H9N3OS2/c12-7(6-5-8-9-13-6)10-1-3-11-4-2-10/h5H,1-4H2. The van der Waals surface area contributed by atoms with Crippen LogP contribution in [0.4, 0.5) is 0 Å². The first-order chi connectivity index (χ1) is 6.38. The molecule has 2 rings (SSSR count). The molecule has 0 saturated carbocycles. The van der Waals surface area contributed by atoms with Gasteiger partial charge in [0, 0.05) is 13.1 Å². The summed E-state index contributed by atoms with van der Waals surface area (Å²) in [6.45, 7) is 3.26. The van der Waals surface area contributed by atoms with Crippen LogP contribution < -0.4 is 0 Å². The molecule has 4 nitrogen and oxygen atoms in total. The van der Waals surface area contributed by atoms with Gasteiger partial charge in [0.25, 0.3) is 0 Å². The van der Waals surface area contributed by atoms with E-state index in [2.05, 4.69) is 14.5 Å². The van der Waals surface area contributed by atoms with Crippen LogP contribution in [0, 0.1) is 0 Å². The summed E-state index contributed by atoms with van der Waals surface area (Å²) in [4.78, 5) is 3.95. The molecule has 0 amide bonds. The molecule has 0 unspecified atom stereocenters. The van der Waals surface area contributed by atoms with Gasteiger partial charge in [0.2, 0.25) is 0 Å². The summed E-state index contributed by atoms with van der Waals surface area (Å²) in [5, 5.41) is 3.76. The first kappa shape index (κ1) is 8.98. The van der Waals surface area contributed by atoms with Gasteiger partial charge in [0.15, 0.2) is 0 Å². The Bertz CT molecular complexity index is 282. The minimum Gasteiger partial charge on any atom is -0.378 e. The third-order valence-electron chi connectivity index (χ3n) is 1.87. The van der Waals surface area contributed by atoms with Crippen LogP contribution in [0.2, 0.25) is 0 Å². The van der Waals surface area contributed by atoms with Crippen molar-refractivity contribution in [3.63, 3.8) is 0 Å². The zero-order valence-electron chi connectivity index (χ0n) is 6.97. The largest absolute Gasteiger partial charge is 0.378 e. The second-order valence-corrected chi connectivity index (χ2v) is 3.86. The highest BCUT2D eigenvalue weighted by Gasteiger charge is 2.16. The van der Waals surface area contributed by atoms with E-state index in [1.165, 1.54) is 11.5 Å². The maximum absolute atomic E-state index is 5.29. The van der Waals surface area contributed by atoms with Gasteiger partial charge in [0.05, 0.1) is 19.4 Å². The van der Waals surface area contributed by atoms with Crippen LogP contribution in [0.5, 0.6) is 0 Å². The Hall–Kier alpha value is -0.590. The quantitative estimate of drug-likeness (QED) is 0.639. The molecular formula is C7H9N3OS2. The number of ether oxygens (including phenoxy) is 1. The fourth-order valence-corrected chi connectivity index (χ4v) is 2.01. The fourth-order valence-electron chi connectivity index (χ4n) is 1.18. The highest BCUT2D eigenvalue weighted by atomic mass is 32.1. The first-order valence-electron chi connectivity index (χ1n) is 4.02. The highest BCUT2D eigenvalue weighted by Crippen LogP contribution is 2.10. The van der Waals surface area contributed by atoms with Gasteiger partial charge >= 0.3 is 0 Å². The van der Waals surface area contributed by atoms with Crippen molar-refractivity contribution in [3.05, 3.63) is 11.1 Å². The van der Waals surface area contributed by atoms with Crippen molar-refractivity contribution >= 4 is 28.7 Å². The lowest BCUT2D eigenvalue weighted by Crippen LogP contribution is -2.39. The summed E-state index contributed by atoms with van der Waals surface area (Å²) < 4.78 is 9.02. The van der Waals surface area contributed by atoms with Crippen LogP contribution in [0.1, 0.15) is 4.88 Å². The zero-order valence-corrected chi connectivity index (χ0v) is 8.61. The van der Waals surface area contributed by atoms with E-state index in [1.54, 1.807) is 6.20 Å². The predicted molar refractivity (Wildman–Crippen MR) is 54.0 cm³/mol. The number of thiocarbonyl (C=S) groups is 1. The van der Waals surface area contributed by atoms with E-state index in [-0.39, 0.29) is 0 Å². The van der Waals surface area contributed by atoms with Crippen LogP contribution in [-0.2, 0) is 4.74 Å². The number of nitrogens with zero attached hydrogens (tertiary/aromatic N) is 3. The minimum atomic E-state index is 0.756. The van der Waals surface area contributed by atoms with E-state index in [1.807, 2.05) is 0 Å². The zero-order chi connectivity index (χ0) is 9.10. The Balaban J connectivity index is 2.04. The van der Waals surface area contributed by atoms with Crippen LogP contribution >= 0.6 is 23.8 Å². The molecule has 0 aromatic carbocycles. The van der Waals surface area contributed by atoms with Crippen molar-refractivity contribution in [2.45, 2.75) is 0 Å². The maximum Gasteiger partial charge on any atom is 0.122 e. The molecule has 0 spiro atoms. The molecule has 6 heteroatoms. The van der Waals surface area contributed by atoms with Crippen LogP contribution in [0.15, 0.2) is 6.20 Å². The summed E-state index contributed by atoms with van der Waals surface area (Å²) in [5.74, 6) is 0. The molecule has 0 N–H and O–H groups in total. The Morgan fingerprint density at radius 3 is 2.92 bits per heavy atom. The number of aromatic nitrogens is 2. The fraction of sp³-hybridized carbons (Fsp3) is 0.571. The molecule has 1 fully saturated rings. The van der Waals surface area contributed by atoms with Crippen molar-refractivity contribution < 1.29 is 4.74 Å². The summed E-state index contributed by atoms with van der Waals surface area (Å²) in [5.41, 5.74) is 0. The lowest BCUT2D eigenvalue weighted by molar-refractivity contribution is 0.0693. The van der Waals surface area contributed by atoms with Crippen molar-refractivity contribution in [2.75, 3.05) is 26.3 Å². The molecule has 1 aliphatic rings. The number of hydrogen-bond acceptors (Lipinski definition) is 5. The second-order valence-electron chi connectivity index (χ2n) is 2.69. The second kappa shape index (κ2) is 4.08. The summed E-state index contributed by atoms with van der Waals surface area (Å²) in [6, 6.07) is 0. The molecule has 1 aromatic rings. The van der Waals surface area contributed by atoms with Gasteiger partial charge in [-0.05, 0) is 11.5 Å². The molecule has 0 atom stereocenters. The Labute approximate surface area is 85.7 Å². The Morgan fingerprint density at radius 1 is 1.54 bits per heavy atom. The van der Waals surface area contributed by atoms with Crippen molar-refractivity contribution in [1.82, 2.24) is 14.5 Å². The number of hydrogen-bond donors (Lipinski definition) is 0. The van der Waals surface area contributed by atoms with E-state index >= 15 is 0 Å². The van der Waals surface area contributed by atoms with Crippen LogP contribution in [0.25, 0.3) is 0 Å². The van der Waals surface area contributed by atoms with Gasteiger partial charge in [-0.3, -0.25) is 0 Å². The summed E-state index contributed by atoms with van der Waals surface area (Å²) >= 11 is 6.63. The molecule has 70 valence electrons. The summed E-state index contributed by atoms with van der Waals surface area (Å²) in [6.07, 6.45) is 1.71. The smallest absolute Gasteiger partial charge is 0.122 e. The number of morpholine rings is 1. The van der Waals surface area contributed by atoms with Gasteiger partial charge in [-0.25, -0.2) is 0 Å². The van der Waals surface area contributed by atoms with Crippen molar-refractivity contribution in [1.29, 1.82) is 0 Å². The van der Waals surface area contributed by atoms with E-state index in [9.17, 15) is 0 Å². The average Bonchev–Trinajstić information content (AvgIpc) is 2.71. The van der Waals surface area contributed by atoms with Gasteiger partial charge in [-0.2, -0.15) is 0 Å². The van der Waals surface area contributed by atoms with Crippen molar-refractivity contribution in [2.24, 2.45) is 0 Å². The molecule has 0 aliphatic carbocycles. The molecule has 1 saturated heterocycles. The SMILES string of the molecule is S=C(c1cnns1)N1CCOCC1. The lowest BCUT2D eigenvalue weighted by Gasteiger charge is -2.28. The monoisotopic (exact) mass is 215 g/mol. The van der Waals surface area contributed by atoms with E-state index in [4.69, 9.17) is 17.0 Å². The maximum atomic E-state index is 5.29. The van der Waals surface area contributed by atoms with E-state index in [0.29, 0.717) is 0 Å². The van der Waals surface area contributed by atoms with Crippen molar-refractivity contribution in [3.8, 4) is 0 Å². The minimum absolute atomic E-state index is 0.756. The van der Waals surface area contributed by atoms with Gasteiger partial charge in [-0.1, -0.05) is 16.7 Å². The van der Waals surface area contributed by atoms with E-state index in [0.717, 1.165) is 36.2 Å². The summed E-state index contributed by atoms with van der Waals surface area (Å²) in [7, 11) is 0. The molecule has 1 aromatic heterocycles. The van der Waals surface area contributed by atoms with Gasteiger partial charge in [-0.15, -0.1) is 5.10 Å². The van der Waals surface area contributed by atoms with Gasteiger partial charge in [0.1, 0.15) is 9.87 Å². The molecule has 13 heavy (non-hydrogen) atoms. The van der Waals surface area contributed by atoms with E-state index < -0.39 is 0 Å². The molecule has 0 radical (unpaired) electrons. The topological polar surface area (TPSA) is 38.2 Å². The molecular weight excluding hydrogens is 206 g/mol. The number of rotatable bonds is 1. The first-order valence-corrected chi connectivity index (χ1v) is 5.20. The lowest BCUT2D eigenvalue weighted by atomic mass is 10.4. The van der Waals surface area contributed by atoms with Crippen LogP contribution in [0.3, 0.4) is 0 Å². The average molecular weight is 215 g/mol. The van der Waals surface area contributed by atoms with Crippen LogP contribution in [-0.4, -0.2) is 45.8 Å². The third kappa shape index (κ3) is 2.01. The Morgan fingerprint density at radius 2 is 2.31 bits per heavy atom.